The molecule has 8 heteroatoms. The predicted octanol–water partition coefficient (Wildman–Crippen LogP) is 5.92. The smallest absolute Gasteiger partial charge is 0.330 e. The van der Waals surface area contributed by atoms with Gasteiger partial charge in [0.1, 0.15) is 17.8 Å². The van der Waals surface area contributed by atoms with Crippen LogP contribution in [0.4, 0.5) is 0 Å². The standard InChI is InChI=1S/C30H31N3O5/c1-29(2)37-26(19-20-27(34)35-3)28(38-29)25(32-33-31)21-36-30(22-13-7-4-8-14-22,23-15-9-5-10-16-23)24-17-11-6-12-18-24/h4-20,25-26,28H,21H2,1-3H3/b20-19-/t25-,26+,28-/m0/s1. The third kappa shape index (κ3) is 5.96. The minimum Gasteiger partial charge on any atom is -0.466 e. The van der Waals surface area contributed by atoms with E-state index in [2.05, 4.69) is 10.0 Å². The first-order valence-corrected chi connectivity index (χ1v) is 12.4. The molecule has 0 aliphatic carbocycles. The third-order valence-electron chi connectivity index (χ3n) is 6.38. The minimum absolute atomic E-state index is 0.00934. The number of methoxy groups -OCH3 is 1. The minimum atomic E-state index is -1.00. The summed E-state index contributed by atoms with van der Waals surface area (Å²) >= 11 is 0. The molecule has 196 valence electrons. The molecule has 1 heterocycles. The number of hydrogen-bond donors (Lipinski definition) is 0. The summed E-state index contributed by atoms with van der Waals surface area (Å²) in [5.41, 5.74) is 11.2. The lowest BCUT2D eigenvalue weighted by Crippen LogP contribution is -2.41. The first-order chi connectivity index (χ1) is 18.4. The van der Waals surface area contributed by atoms with Crippen molar-refractivity contribution in [2.45, 2.75) is 43.5 Å². The highest BCUT2D eigenvalue weighted by atomic mass is 16.8. The summed E-state index contributed by atoms with van der Waals surface area (Å²) < 4.78 is 23.7. The van der Waals surface area contributed by atoms with Crippen LogP contribution in [0.2, 0.25) is 0 Å². The molecule has 0 bridgehead atoms. The molecule has 8 nitrogen and oxygen atoms in total. The molecule has 0 unspecified atom stereocenters. The fourth-order valence-corrected chi connectivity index (χ4v) is 4.74. The molecule has 1 fully saturated rings. The number of hydrogen-bond acceptors (Lipinski definition) is 6. The zero-order valence-corrected chi connectivity index (χ0v) is 21.6. The van der Waals surface area contributed by atoms with Gasteiger partial charge in [-0.1, -0.05) is 96.1 Å². The predicted molar refractivity (Wildman–Crippen MR) is 143 cm³/mol. The Kier molecular flexibility index (Phi) is 8.61. The monoisotopic (exact) mass is 513 g/mol. The number of azide groups is 1. The number of carbonyl (C=O) groups is 1. The van der Waals surface area contributed by atoms with E-state index in [1.165, 1.54) is 13.2 Å². The average Bonchev–Trinajstić information content (AvgIpc) is 3.27. The summed E-state index contributed by atoms with van der Waals surface area (Å²) in [6.45, 7) is 3.54. The lowest BCUT2D eigenvalue weighted by molar-refractivity contribution is -0.147. The van der Waals surface area contributed by atoms with E-state index in [0.29, 0.717) is 0 Å². The largest absolute Gasteiger partial charge is 0.466 e. The van der Waals surface area contributed by atoms with Crippen molar-refractivity contribution in [3.63, 3.8) is 0 Å². The van der Waals surface area contributed by atoms with Gasteiger partial charge in [-0.2, -0.15) is 0 Å². The van der Waals surface area contributed by atoms with Gasteiger partial charge >= 0.3 is 5.97 Å². The summed E-state index contributed by atoms with van der Waals surface area (Å²) in [6.07, 6.45) is 1.47. The summed E-state index contributed by atoms with van der Waals surface area (Å²) in [7, 11) is 1.30. The number of benzene rings is 3. The SMILES string of the molecule is COC(=O)/C=C\[C@H]1OC(C)(C)O[C@H]1[C@H](COC(c1ccccc1)(c1ccccc1)c1ccccc1)N=[N+]=[N-]. The normalized spacial score (nSPS) is 19.6. The average molecular weight is 514 g/mol. The van der Waals surface area contributed by atoms with E-state index >= 15 is 0 Å². The third-order valence-corrected chi connectivity index (χ3v) is 6.38. The van der Waals surface area contributed by atoms with Gasteiger partial charge in [0.2, 0.25) is 0 Å². The van der Waals surface area contributed by atoms with Crippen molar-refractivity contribution in [1.29, 1.82) is 0 Å². The van der Waals surface area contributed by atoms with Crippen molar-refractivity contribution >= 4 is 5.97 Å². The lowest BCUT2D eigenvalue weighted by Gasteiger charge is -2.37. The van der Waals surface area contributed by atoms with Crippen LogP contribution in [0.3, 0.4) is 0 Å². The van der Waals surface area contributed by atoms with Crippen LogP contribution in [0.1, 0.15) is 30.5 Å². The van der Waals surface area contributed by atoms with E-state index in [0.717, 1.165) is 16.7 Å². The van der Waals surface area contributed by atoms with E-state index in [4.69, 9.17) is 18.9 Å². The summed E-state index contributed by atoms with van der Waals surface area (Å²) in [5, 5.41) is 4.05. The molecule has 0 aromatic heterocycles. The highest BCUT2D eigenvalue weighted by molar-refractivity contribution is 5.81. The summed E-state index contributed by atoms with van der Waals surface area (Å²) in [6, 6.07) is 29.0. The number of rotatable bonds is 10. The number of esters is 1. The molecule has 38 heavy (non-hydrogen) atoms. The van der Waals surface area contributed by atoms with Crippen molar-refractivity contribution < 1.29 is 23.7 Å². The Labute approximate surface area is 222 Å². The highest BCUT2D eigenvalue weighted by Gasteiger charge is 2.46. The Morgan fingerprint density at radius 1 is 0.974 bits per heavy atom. The molecule has 3 aromatic carbocycles. The van der Waals surface area contributed by atoms with Gasteiger partial charge in [0.25, 0.3) is 0 Å². The highest BCUT2D eigenvalue weighted by Crippen LogP contribution is 2.41. The first kappa shape index (κ1) is 27.1. The maximum atomic E-state index is 11.7. The van der Waals surface area contributed by atoms with E-state index < -0.39 is 35.6 Å². The topological polar surface area (TPSA) is 103 Å². The number of ether oxygens (including phenoxy) is 4. The Bertz CT molecular complexity index is 1180. The van der Waals surface area contributed by atoms with Gasteiger partial charge in [0.15, 0.2) is 5.79 Å². The second-order valence-electron chi connectivity index (χ2n) is 9.31. The Hall–Kier alpha value is -3.94. The molecule has 1 saturated heterocycles. The van der Waals surface area contributed by atoms with E-state index in [1.807, 2.05) is 91.0 Å². The molecule has 0 spiro atoms. The maximum Gasteiger partial charge on any atom is 0.330 e. The van der Waals surface area contributed by atoms with Crippen LogP contribution in [0, 0.1) is 0 Å². The maximum absolute atomic E-state index is 11.7. The first-order valence-electron chi connectivity index (χ1n) is 12.4. The quantitative estimate of drug-likeness (QED) is 0.0836. The van der Waals surface area contributed by atoms with Gasteiger partial charge in [0, 0.05) is 11.0 Å². The molecule has 0 amide bonds. The molecular formula is C30H31N3O5. The Morgan fingerprint density at radius 3 is 1.92 bits per heavy atom. The molecule has 0 saturated carbocycles. The van der Waals surface area contributed by atoms with Crippen LogP contribution in [0.5, 0.6) is 0 Å². The van der Waals surface area contributed by atoms with Crippen LogP contribution < -0.4 is 0 Å². The second-order valence-corrected chi connectivity index (χ2v) is 9.31. The van der Waals surface area contributed by atoms with Gasteiger partial charge in [-0.05, 0) is 42.1 Å². The van der Waals surface area contributed by atoms with Crippen molar-refractivity contribution in [2.75, 3.05) is 13.7 Å². The molecule has 4 rings (SSSR count). The summed E-state index contributed by atoms with van der Waals surface area (Å²) in [5.74, 6) is -1.49. The van der Waals surface area contributed by atoms with Crippen LogP contribution >= 0.6 is 0 Å². The van der Waals surface area contributed by atoms with Crippen molar-refractivity contribution in [3.8, 4) is 0 Å². The van der Waals surface area contributed by atoms with Gasteiger partial charge in [-0.3, -0.25) is 0 Å². The van der Waals surface area contributed by atoms with Crippen molar-refractivity contribution in [3.05, 3.63) is 130 Å². The van der Waals surface area contributed by atoms with Gasteiger partial charge in [0.05, 0.1) is 19.8 Å². The van der Waals surface area contributed by atoms with Crippen molar-refractivity contribution in [2.24, 2.45) is 5.11 Å². The Morgan fingerprint density at radius 2 is 1.47 bits per heavy atom. The zero-order chi connectivity index (χ0) is 27.0. The lowest BCUT2D eigenvalue weighted by atomic mass is 9.80. The fourth-order valence-electron chi connectivity index (χ4n) is 4.74. The van der Waals surface area contributed by atoms with Crippen LogP contribution in [-0.4, -0.2) is 43.7 Å². The molecule has 0 radical (unpaired) electrons. The number of carbonyl (C=O) groups excluding carboxylic acids is 1. The van der Waals surface area contributed by atoms with Gasteiger partial charge in [-0.15, -0.1) is 0 Å². The van der Waals surface area contributed by atoms with Crippen LogP contribution in [0.15, 0.2) is 108 Å². The molecule has 1 aliphatic heterocycles. The van der Waals surface area contributed by atoms with E-state index in [9.17, 15) is 10.3 Å². The summed E-state index contributed by atoms with van der Waals surface area (Å²) in [4.78, 5) is 14.8. The molecule has 0 N–H and O–H groups in total. The molecule has 1 aliphatic rings. The van der Waals surface area contributed by atoms with Gasteiger partial charge < -0.3 is 18.9 Å². The molecule has 3 aromatic rings. The van der Waals surface area contributed by atoms with Crippen LogP contribution in [0.25, 0.3) is 10.4 Å². The second kappa shape index (κ2) is 12.1. The van der Waals surface area contributed by atoms with E-state index in [1.54, 1.807) is 19.9 Å². The van der Waals surface area contributed by atoms with Gasteiger partial charge in [-0.25, -0.2) is 4.79 Å². The zero-order valence-electron chi connectivity index (χ0n) is 21.6. The Balaban J connectivity index is 1.76. The van der Waals surface area contributed by atoms with Crippen LogP contribution in [-0.2, 0) is 29.3 Å². The van der Waals surface area contributed by atoms with E-state index in [-0.39, 0.29) is 6.61 Å². The van der Waals surface area contributed by atoms with Crippen molar-refractivity contribution in [1.82, 2.24) is 0 Å². The molecular weight excluding hydrogens is 482 g/mol. The number of nitrogens with zero attached hydrogens (tertiary/aromatic N) is 3. The fraction of sp³-hybridized carbons (Fsp3) is 0.300. The molecule has 3 atom stereocenters.